The molecule has 2 aromatic rings. The number of hydrogen-bond donors (Lipinski definition) is 0. The second-order valence-corrected chi connectivity index (χ2v) is 9.86. The predicted octanol–water partition coefficient (Wildman–Crippen LogP) is 3.37. The van der Waals surface area contributed by atoms with E-state index in [1.54, 1.807) is 6.07 Å². The standard InChI is InChI=1S/C23H30FN5O2S/c24-19-6-3-7-20(14-19)29-22(27-10-12-31-13-11-27)25-26-23(29)32-16-21(30)28-9-8-17-4-1-2-5-18(17)15-28/h3,6-7,14,17-18H,1-2,4-5,8-13,15-16H2/t17-,18+/m1/s1. The number of anilines is 1. The minimum atomic E-state index is -0.313. The highest BCUT2D eigenvalue weighted by atomic mass is 32.2. The van der Waals surface area contributed by atoms with Crippen LogP contribution in [0.4, 0.5) is 10.3 Å². The quantitative estimate of drug-likeness (QED) is 0.639. The Bertz CT molecular complexity index is 948. The number of halogens is 1. The number of likely N-dealkylation sites (tertiary alicyclic amines) is 1. The van der Waals surface area contributed by atoms with Crippen LogP contribution >= 0.6 is 11.8 Å². The summed E-state index contributed by atoms with van der Waals surface area (Å²) >= 11 is 1.38. The highest BCUT2D eigenvalue weighted by Gasteiger charge is 2.33. The summed E-state index contributed by atoms with van der Waals surface area (Å²) in [6.45, 7) is 4.39. The van der Waals surface area contributed by atoms with Crippen molar-refractivity contribution in [3.05, 3.63) is 30.1 Å². The van der Waals surface area contributed by atoms with Crippen molar-refractivity contribution in [1.82, 2.24) is 19.7 Å². The molecule has 3 aliphatic rings. The molecule has 1 amide bonds. The summed E-state index contributed by atoms with van der Waals surface area (Å²) in [6, 6.07) is 6.43. The highest BCUT2D eigenvalue weighted by molar-refractivity contribution is 7.99. The molecule has 0 radical (unpaired) electrons. The summed E-state index contributed by atoms with van der Waals surface area (Å²) in [4.78, 5) is 17.1. The summed E-state index contributed by atoms with van der Waals surface area (Å²) in [5, 5.41) is 9.39. The molecule has 7 nitrogen and oxygen atoms in total. The van der Waals surface area contributed by atoms with Crippen molar-refractivity contribution in [3.8, 4) is 5.69 Å². The highest BCUT2D eigenvalue weighted by Crippen LogP contribution is 2.36. The first-order valence-electron chi connectivity index (χ1n) is 11.6. The monoisotopic (exact) mass is 459 g/mol. The van der Waals surface area contributed by atoms with Gasteiger partial charge >= 0.3 is 0 Å². The number of piperidine rings is 1. The second-order valence-electron chi connectivity index (χ2n) is 8.92. The fraction of sp³-hybridized carbons (Fsp3) is 0.609. The van der Waals surface area contributed by atoms with Crippen molar-refractivity contribution in [2.24, 2.45) is 11.8 Å². The number of aromatic nitrogens is 3. The lowest BCUT2D eigenvalue weighted by Crippen LogP contribution is -2.45. The molecule has 0 spiro atoms. The van der Waals surface area contributed by atoms with E-state index in [9.17, 15) is 9.18 Å². The van der Waals surface area contributed by atoms with Crippen molar-refractivity contribution in [1.29, 1.82) is 0 Å². The van der Waals surface area contributed by atoms with Crippen LogP contribution in [0.5, 0.6) is 0 Å². The average molecular weight is 460 g/mol. The zero-order valence-corrected chi connectivity index (χ0v) is 19.1. The molecule has 1 aliphatic carbocycles. The molecule has 3 heterocycles. The van der Waals surface area contributed by atoms with Gasteiger partial charge in [-0.1, -0.05) is 37.1 Å². The van der Waals surface area contributed by atoms with Crippen LogP contribution in [0.2, 0.25) is 0 Å². The Labute approximate surface area is 192 Å². The number of carbonyl (C=O) groups excluding carboxylic acids is 1. The Morgan fingerprint density at radius 2 is 1.91 bits per heavy atom. The molecule has 2 aliphatic heterocycles. The third-order valence-electron chi connectivity index (χ3n) is 6.95. The van der Waals surface area contributed by atoms with Crippen molar-refractivity contribution in [2.75, 3.05) is 50.0 Å². The van der Waals surface area contributed by atoms with Gasteiger partial charge in [-0.25, -0.2) is 4.39 Å². The molecular formula is C23H30FN5O2S. The van der Waals surface area contributed by atoms with Gasteiger partial charge in [0.2, 0.25) is 11.9 Å². The molecule has 0 N–H and O–H groups in total. The van der Waals surface area contributed by atoms with Crippen LogP contribution in [-0.2, 0) is 9.53 Å². The van der Waals surface area contributed by atoms with Gasteiger partial charge in [0, 0.05) is 26.2 Å². The molecule has 32 heavy (non-hydrogen) atoms. The van der Waals surface area contributed by atoms with Crippen LogP contribution in [0.1, 0.15) is 32.1 Å². The van der Waals surface area contributed by atoms with E-state index in [0.717, 1.165) is 25.4 Å². The van der Waals surface area contributed by atoms with Gasteiger partial charge in [-0.2, -0.15) is 0 Å². The van der Waals surface area contributed by atoms with E-state index in [4.69, 9.17) is 4.74 Å². The Hall–Kier alpha value is -2.13. The fourth-order valence-corrected chi connectivity index (χ4v) is 6.06. The number of fused-ring (bicyclic) bond motifs is 1. The van der Waals surface area contributed by atoms with E-state index < -0.39 is 0 Å². The van der Waals surface area contributed by atoms with Crippen LogP contribution in [0.15, 0.2) is 29.4 Å². The summed E-state index contributed by atoms with van der Waals surface area (Å²) in [6.07, 6.45) is 6.33. The van der Waals surface area contributed by atoms with Crippen LogP contribution < -0.4 is 4.90 Å². The molecule has 3 fully saturated rings. The zero-order valence-electron chi connectivity index (χ0n) is 18.3. The van der Waals surface area contributed by atoms with Crippen molar-refractivity contribution in [2.45, 2.75) is 37.3 Å². The van der Waals surface area contributed by atoms with Crippen molar-refractivity contribution in [3.63, 3.8) is 0 Å². The topological polar surface area (TPSA) is 63.5 Å². The number of amides is 1. The molecule has 1 saturated carbocycles. The van der Waals surface area contributed by atoms with Crippen molar-refractivity contribution < 1.29 is 13.9 Å². The third kappa shape index (κ3) is 4.64. The molecule has 172 valence electrons. The average Bonchev–Trinajstić information content (AvgIpc) is 3.27. The predicted molar refractivity (Wildman–Crippen MR) is 122 cm³/mol. The molecule has 2 atom stereocenters. The number of hydrogen-bond acceptors (Lipinski definition) is 6. The number of thioether (sulfide) groups is 1. The maximum Gasteiger partial charge on any atom is 0.233 e. The Morgan fingerprint density at radius 3 is 2.72 bits per heavy atom. The smallest absolute Gasteiger partial charge is 0.233 e. The van der Waals surface area contributed by atoms with Gasteiger partial charge in [0.1, 0.15) is 5.82 Å². The van der Waals surface area contributed by atoms with E-state index in [2.05, 4.69) is 15.1 Å². The summed E-state index contributed by atoms with van der Waals surface area (Å²) in [7, 11) is 0. The van der Waals surface area contributed by atoms with Gasteiger partial charge in [-0.3, -0.25) is 9.36 Å². The molecule has 9 heteroatoms. The van der Waals surface area contributed by atoms with Gasteiger partial charge in [0.25, 0.3) is 0 Å². The molecule has 1 aromatic heterocycles. The fourth-order valence-electron chi connectivity index (χ4n) is 5.21. The third-order valence-corrected chi connectivity index (χ3v) is 7.86. The number of rotatable bonds is 5. The van der Waals surface area contributed by atoms with E-state index in [1.807, 2.05) is 15.5 Å². The van der Waals surface area contributed by atoms with E-state index in [-0.39, 0.29) is 11.7 Å². The lowest BCUT2D eigenvalue weighted by molar-refractivity contribution is -0.131. The summed E-state index contributed by atoms with van der Waals surface area (Å²) in [5.41, 5.74) is 0.662. The summed E-state index contributed by atoms with van der Waals surface area (Å²) < 4.78 is 21.3. The Morgan fingerprint density at radius 1 is 1.09 bits per heavy atom. The Kier molecular flexibility index (Phi) is 6.64. The Balaban J connectivity index is 1.32. The van der Waals surface area contributed by atoms with Gasteiger partial charge in [0.05, 0.1) is 24.7 Å². The maximum atomic E-state index is 14.0. The van der Waals surface area contributed by atoms with Crippen LogP contribution in [0, 0.1) is 17.7 Å². The van der Waals surface area contributed by atoms with Gasteiger partial charge in [0.15, 0.2) is 5.16 Å². The van der Waals surface area contributed by atoms with Gasteiger partial charge < -0.3 is 14.5 Å². The SMILES string of the molecule is O=C(CSc1nnc(N2CCOCC2)n1-c1cccc(F)c1)N1CC[C@H]2CCCC[C@H]2C1. The van der Waals surface area contributed by atoms with Gasteiger partial charge in [-0.15, -0.1) is 10.2 Å². The lowest BCUT2D eigenvalue weighted by atomic mass is 9.75. The van der Waals surface area contributed by atoms with Crippen molar-refractivity contribution >= 4 is 23.6 Å². The zero-order chi connectivity index (χ0) is 21.9. The first-order chi connectivity index (χ1) is 15.7. The molecule has 5 rings (SSSR count). The summed E-state index contributed by atoms with van der Waals surface area (Å²) in [5.74, 6) is 2.28. The maximum absolute atomic E-state index is 14.0. The number of benzene rings is 1. The van der Waals surface area contributed by atoms with Crippen LogP contribution in [0.3, 0.4) is 0 Å². The lowest BCUT2D eigenvalue weighted by Gasteiger charge is -2.41. The normalized spacial score (nSPS) is 23.8. The first kappa shape index (κ1) is 21.7. The molecule has 0 bridgehead atoms. The first-order valence-corrected chi connectivity index (χ1v) is 12.6. The number of ether oxygens (including phenoxy) is 1. The minimum absolute atomic E-state index is 0.153. The largest absolute Gasteiger partial charge is 0.378 e. The van der Waals surface area contributed by atoms with Crippen LogP contribution in [-0.4, -0.2) is 70.7 Å². The number of carbonyl (C=O) groups is 1. The molecular weight excluding hydrogens is 429 g/mol. The van der Waals surface area contributed by atoms with Crippen LogP contribution in [0.25, 0.3) is 5.69 Å². The number of morpholine rings is 1. The molecule has 1 aromatic carbocycles. The van der Waals surface area contributed by atoms with E-state index in [0.29, 0.717) is 54.8 Å². The minimum Gasteiger partial charge on any atom is -0.378 e. The van der Waals surface area contributed by atoms with Gasteiger partial charge in [-0.05, 0) is 42.9 Å². The molecule has 0 unspecified atom stereocenters. The molecule has 2 saturated heterocycles. The number of nitrogens with zero attached hydrogens (tertiary/aromatic N) is 5. The second kappa shape index (κ2) is 9.79. The van der Waals surface area contributed by atoms with E-state index in [1.165, 1.54) is 49.6 Å². The van der Waals surface area contributed by atoms with E-state index >= 15 is 0 Å².